The first-order valence-electron chi connectivity index (χ1n) is 5.83. The Bertz CT molecular complexity index is 444. The molecule has 1 aromatic rings. The van der Waals surface area contributed by atoms with Crippen LogP contribution in [0.25, 0.3) is 0 Å². The summed E-state index contributed by atoms with van der Waals surface area (Å²) in [7, 11) is 3.20. The molecule has 0 aromatic carbocycles. The molecule has 19 heavy (non-hydrogen) atoms. The number of carbonyl (C=O) groups is 1. The van der Waals surface area contributed by atoms with Crippen molar-refractivity contribution in [2.75, 3.05) is 32.7 Å². The van der Waals surface area contributed by atoms with Gasteiger partial charge in [0.15, 0.2) is 5.82 Å². The van der Waals surface area contributed by atoms with Gasteiger partial charge in [-0.1, -0.05) is 0 Å². The van der Waals surface area contributed by atoms with Crippen LogP contribution in [0.1, 0.15) is 10.5 Å². The number of rotatable bonds is 4. The van der Waals surface area contributed by atoms with E-state index in [1.807, 2.05) is 0 Å². The molecule has 1 aromatic heterocycles. The van der Waals surface area contributed by atoms with Gasteiger partial charge in [-0.05, 0) is 0 Å². The Hall–Kier alpha value is -1.77. The molecule has 2 heterocycles. The quantitative estimate of drug-likeness (QED) is 0.546. The van der Waals surface area contributed by atoms with Crippen LogP contribution in [0.2, 0.25) is 0 Å². The molecular weight excluding hydrogens is 250 g/mol. The smallest absolute Gasteiger partial charge is 0.274 e. The second-order valence-corrected chi connectivity index (χ2v) is 4.19. The summed E-state index contributed by atoms with van der Waals surface area (Å²) in [5, 5.41) is 0. The lowest BCUT2D eigenvalue weighted by Gasteiger charge is -2.15. The number of nitrogen functional groups attached to an aromatic ring is 1. The predicted molar refractivity (Wildman–Crippen MR) is 67.3 cm³/mol. The third-order valence-electron chi connectivity index (χ3n) is 3.11. The third-order valence-corrected chi connectivity index (χ3v) is 3.11. The van der Waals surface area contributed by atoms with Gasteiger partial charge in [0.1, 0.15) is 17.9 Å². The molecule has 1 aliphatic rings. The number of nitrogens with zero attached hydrogens (tertiary/aromatic N) is 3. The van der Waals surface area contributed by atoms with E-state index in [2.05, 4.69) is 15.4 Å². The highest BCUT2D eigenvalue weighted by atomic mass is 16.5. The van der Waals surface area contributed by atoms with Crippen LogP contribution in [0, 0.1) is 0 Å². The number of amides is 1. The van der Waals surface area contributed by atoms with Crippen LogP contribution >= 0.6 is 0 Å². The molecule has 0 bridgehead atoms. The maximum absolute atomic E-state index is 12.3. The predicted octanol–water partition coefficient (Wildman–Crippen LogP) is -0.752. The van der Waals surface area contributed by atoms with E-state index in [-0.39, 0.29) is 23.8 Å². The second kappa shape index (κ2) is 5.91. The average molecular weight is 267 g/mol. The first-order valence-corrected chi connectivity index (χ1v) is 5.83. The molecule has 8 heteroatoms. The first kappa shape index (κ1) is 13.7. The topological polar surface area (TPSA) is 103 Å². The zero-order valence-corrected chi connectivity index (χ0v) is 10.9. The molecule has 2 rings (SSSR count). The molecule has 0 aliphatic carbocycles. The molecule has 8 nitrogen and oxygen atoms in total. The number of ether oxygens (including phenoxy) is 2. The van der Waals surface area contributed by atoms with Gasteiger partial charge < -0.3 is 19.8 Å². The van der Waals surface area contributed by atoms with E-state index in [4.69, 9.17) is 15.3 Å². The van der Waals surface area contributed by atoms with Crippen LogP contribution in [0.3, 0.4) is 0 Å². The summed E-state index contributed by atoms with van der Waals surface area (Å²) in [6.07, 6.45) is 2.59. The van der Waals surface area contributed by atoms with E-state index >= 15 is 0 Å². The van der Waals surface area contributed by atoms with Gasteiger partial charge in [-0.2, -0.15) is 0 Å². The summed E-state index contributed by atoms with van der Waals surface area (Å²) >= 11 is 0. The molecule has 0 spiro atoms. The Morgan fingerprint density at radius 2 is 2.00 bits per heavy atom. The molecule has 3 N–H and O–H groups in total. The number of anilines is 1. The van der Waals surface area contributed by atoms with Crippen LogP contribution in [-0.2, 0) is 9.47 Å². The minimum atomic E-state index is -0.216. The van der Waals surface area contributed by atoms with E-state index in [0.29, 0.717) is 18.9 Å². The number of nitrogens with one attached hydrogen (secondary N) is 1. The van der Waals surface area contributed by atoms with Gasteiger partial charge in [0.05, 0.1) is 12.4 Å². The lowest BCUT2D eigenvalue weighted by atomic mass is 10.3. The summed E-state index contributed by atoms with van der Waals surface area (Å²) in [5.41, 5.74) is 2.60. The van der Waals surface area contributed by atoms with E-state index < -0.39 is 0 Å². The highest BCUT2D eigenvalue weighted by Gasteiger charge is 2.36. The van der Waals surface area contributed by atoms with Crippen molar-refractivity contribution in [3.05, 3.63) is 18.1 Å². The van der Waals surface area contributed by atoms with Gasteiger partial charge in [-0.3, -0.25) is 9.78 Å². The maximum Gasteiger partial charge on any atom is 0.274 e. The third kappa shape index (κ3) is 2.80. The molecule has 0 radical (unpaired) electrons. The lowest BCUT2D eigenvalue weighted by molar-refractivity contribution is -0.00461. The highest BCUT2D eigenvalue weighted by molar-refractivity contribution is 5.92. The number of likely N-dealkylation sites (tertiary alicyclic amines) is 1. The van der Waals surface area contributed by atoms with Crippen molar-refractivity contribution in [1.29, 1.82) is 0 Å². The van der Waals surface area contributed by atoms with Crippen molar-refractivity contribution in [3.8, 4) is 0 Å². The molecule has 1 saturated heterocycles. The Morgan fingerprint density at radius 1 is 1.37 bits per heavy atom. The number of hydrazine groups is 1. The molecule has 1 fully saturated rings. The number of methoxy groups -OCH3 is 2. The van der Waals surface area contributed by atoms with Crippen LogP contribution in [0.5, 0.6) is 0 Å². The summed E-state index contributed by atoms with van der Waals surface area (Å²) < 4.78 is 10.6. The zero-order valence-electron chi connectivity index (χ0n) is 10.9. The van der Waals surface area contributed by atoms with Crippen LogP contribution in [0.4, 0.5) is 5.82 Å². The molecule has 104 valence electrons. The van der Waals surface area contributed by atoms with Gasteiger partial charge in [0.2, 0.25) is 0 Å². The molecule has 2 unspecified atom stereocenters. The van der Waals surface area contributed by atoms with E-state index in [1.165, 1.54) is 12.4 Å². The van der Waals surface area contributed by atoms with Gasteiger partial charge in [0.25, 0.3) is 5.91 Å². The average Bonchev–Trinajstić information content (AvgIpc) is 2.89. The van der Waals surface area contributed by atoms with Crippen molar-refractivity contribution in [3.63, 3.8) is 0 Å². The molecule has 0 saturated carbocycles. The fraction of sp³-hybridized carbons (Fsp3) is 0.545. The Morgan fingerprint density at radius 3 is 2.53 bits per heavy atom. The number of aromatic nitrogens is 2. The van der Waals surface area contributed by atoms with Crippen molar-refractivity contribution < 1.29 is 14.3 Å². The van der Waals surface area contributed by atoms with Gasteiger partial charge in [0, 0.05) is 27.3 Å². The van der Waals surface area contributed by atoms with Crippen LogP contribution in [-0.4, -0.2) is 60.3 Å². The minimum Gasteiger partial charge on any atom is -0.377 e. The summed E-state index contributed by atoms with van der Waals surface area (Å²) in [4.78, 5) is 21.9. The summed E-state index contributed by atoms with van der Waals surface area (Å²) in [6, 6.07) is 0. The Kier molecular flexibility index (Phi) is 4.25. The molecular formula is C11H17N5O3. The van der Waals surface area contributed by atoms with E-state index in [0.717, 1.165) is 0 Å². The van der Waals surface area contributed by atoms with Crippen LogP contribution < -0.4 is 11.3 Å². The fourth-order valence-electron chi connectivity index (χ4n) is 2.06. The summed E-state index contributed by atoms with van der Waals surface area (Å²) in [6.45, 7) is 0.936. The largest absolute Gasteiger partial charge is 0.377 e. The molecule has 1 aliphatic heterocycles. The van der Waals surface area contributed by atoms with Gasteiger partial charge >= 0.3 is 0 Å². The standard InChI is InChI=1S/C11H17N5O3/c1-18-8-5-16(6-9(8)19-2)11(17)7-3-13-4-10(14-7)15-12/h3-4,8-9H,5-6,12H2,1-2H3,(H,14,15). The normalized spacial score (nSPS) is 22.6. The van der Waals surface area contributed by atoms with Gasteiger partial charge in [-0.15, -0.1) is 0 Å². The number of carbonyl (C=O) groups excluding carboxylic acids is 1. The van der Waals surface area contributed by atoms with E-state index in [9.17, 15) is 4.79 Å². The van der Waals surface area contributed by atoms with Gasteiger partial charge in [-0.25, -0.2) is 10.8 Å². The number of hydrogen-bond acceptors (Lipinski definition) is 7. The maximum atomic E-state index is 12.3. The van der Waals surface area contributed by atoms with E-state index in [1.54, 1.807) is 19.1 Å². The van der Waals surface area contributed by atoms with Crippen LogP contribution in [0.15, 0.2) is 12.4 Å². The second-order valence-electron chi connectivity index (χ2n) is 4.19. The minimum absolute atomic E-state index is 0.127. The molecule has 2 atom stereocenters. The monoisotopic (exact) mass is 267 g/mol. The fourth-order valence-corrected chi connectivity index (χ4v) is 2.06. The van der Waals surface area contributed by atoms with Crippen molar-refractivity contribution in [2.45, 2.75) is 12.2 Å². The summed E-state index contributed by atoms with van der Waals surface area (Å²) in [5.74, 6) is 5.37. The number of nitrogens with two attached hydrogens (primary N) is 1. The molecule has 1 amide bonds. The van der Waals surface area contributed by atoms with Crippen molar-refractivity contribution >= 4 is 11.7 Å². The zero-order chi connectivity index (χ0) is 13.8. The van der Waals surface area contributed by atoms with Crippen molar-refractivity contribution in [2.24, 2.45) is 5.84 Å². The lowest BCUT2D eigenvalue weighted by Crippen LogP contribution is -2.31. The number of hydrogen-bond donors (Lipinski definition) is 2. The Balaban J connectivity index is 2.12. The Labute approximate surface area is 110 Å². The highest BCUT2D eigenvalue weighted by Crippen LogP contribution is 2.17. The SMILES string of the molecule is COC1CN(C(=O)c2cncc(NN)n2)CC1OC. The first-order chi connectivity index (χ1) is 9.19. The van der Waals surface area contributed by atoms with Crippen molar-refractivity contribution in [1.82, 2.24) is 14.9 Å².